The number of carboxylic acid groups (broad SMARTS) is 1. The lowest BCUT2D eigenvalue weighted by Crippen LogP contribution is -2.35. The van der Waals surface area contributed by atoms with E-state index in [2.05, 4.69) is 27.7 Å². The number of amides is 3. The molecular formula is C24H44N2O5. The summed E-state index contributed by atoms with van der Waals surface area (Å²) in [7, 11) is 0. The molecular weight excluding hydrogens is 396 g/mol. The lowest BCUT2D eigenvalue weighted by Gasteiger charge is -2.27. The van der Waals surface area contributed by atoms with Crippen LogP contribution in [0.15, 0.2) is 0 Å². The van der Waals surface area contributed by atoms with Crippen LogP contribution in [0.5, 0.6) is 0 Å². The number of carbonyl (C=O) groups excluding carboxylic acids is 2. The standard InChI is InChI=1S/C24H44N2O5/c1-6-25-19-20(27)26(22(25)30)16-15-24(4,5)13-8-10-18-31-17-9-7-12-23(2,3)14-11-21(28)29/h6-19H2,1-5H3,(H,28,29). The van der Waals surface area contributed by atoms with Gasteiger partial charge in [-0.15, -0.1) is 0 Å². The average Bonchev–Trinajstić information content (AvgIpc) is 2.96. The van der Waals surface area contributed by atoms with E-state index in [-0.39, 0.29) is 35.7 Å². The Morgan fingerprint density at radius 1 is 0.935 bits per heavy atom. The molecule has 0 aromatic heterocycles. The Morgan fingerprint density at radius 3 is 1.97 bits per heavy atom. The molecule has 0 saturated carbocycles. The quantitative estimate of drug-likeness (QED) is 0.256. The van der Waals surface area contributed by atoms with Crippen LogP contribution in [0, 0.1) is 10.8 Å². The van der Waals surface area contributed by atoms with Crippen molar-refractivity contribution in [2.75, 3.05) is 32.8 Å². The van der Waals surface area contributed by atoms with E-state index in [9.17, 15) is 14.4 Å². The number of urea groups is 1. The number of hydrogen-bond acceptors (Lipinski definition) is 4. The minimum Gasteiger partial charge on any atom is -0.481 e. The number of aliphatic carboxylic acids is 1. The molecule has 180 valence electrons. The number of unbranched alkanes of at least 4 members (excludes halogenated alkanes) is 2. The van der Waals surface area contributed by atoms with Crippen LogP contribution in [-0.4, -0.2) is 65.7 Å². The minimum absolute atomic E-state index is 0.0725. The van der Waals surface area contributed by atoms with Gasteiger partial charge < -0.3 is 14.7 Å². The summed E-state index contributed by atoms with van der Waals surface area (Å²) in [6.45, 7) is 13.4. The van der Waals surface area contributed by atoms with Crippen LogP contribution in [0.4, 0.5) is 4.79 Å². The highest BCUT2D eigenvalue weighted by Gasteiger charge is 2.35. The second-order valence-electron chi connectivity index (χ2n) is 10.3. The maximum absolute atomic E-state index is 12.2. The van der Waals surface area contributed by atoms with Crippen LogP contribution in [0.2, 0.25) is 0 Å². The first-order valence-electron chi connectivity index (χ1n) is 11.9. The summed E-state index contributed by atoms with van der Waals surface area (Å²) in [6, 6.07) is -0.151. The number of hydrogen-bond donors (Lipinski definition) is 1. The fourth-order valence-electron chi connectivity index (χ4n) is 3.89. The predicted octanol–water partition coefficient (Wildman–Crippen LogP) is 4.94. The van der Waals surface area contributed by atoms with E-state index in [1.807, 2.05) is 6.92 Å². The van der Waals surface area contributed by atoms with Crippen molar-refractivity contribution in [3.05, 3.63) is 0 Å². The van der Waals surface area contributed by atoms with Gasteiger partial charge in [0.25, 0.3) is 0 Å². The number of likely N-dealkylation sites (N-methyl/N-ethyl adjacent to an activating group) is 1. The third-order valence-corrected chi connectivity index (χ3v) is 6.32. The fraction of sp³-hybridized carbons (Fsp3) is 0.875. The van der Waals surface area contributed by atoms with Crippen molar-refractivity contribution in [3.8, 4) is 0 Å². The van der Waals surface area contributed by atoms with Gasteiger partial charge in [-0.3, -0.25) is 14.5 Å². The van der Waals surface area contributed by atoms with E-state index in [0.717, 1.165) is 64.6 Å². The van der Waals surface area contributed by atoms with Gasteiger partial charge in [-0.25, -0.2) is 4.79 Å². The second kappa shape index (κ2) is 13.0. The van der Waals surface area contributed by atoms with Crippen molar-refractivity contribution in [2.45, 2.75) is 92.4 Å². The first-order chi connectivity index (χ1) is 14.5. The van der Waals surface area contributed by atoms with Gasteiger partial charge in [-0.05, 0) is 56.3 Å². The number of ether oxygens (including phenoxy) is 1. The van der Waals surface area contributed by atoms with E-state index in [0.29, 0.717) is 13.1 Å². The Hall–Kier alpha value is -1.63. The molecule has 0 unspecified atom stereocenters. The van der Waals surface area contributed by atoms with E-state index < -0.39 is 5.97 Å². The molecule has 0 aromatic carbocycles. The molecule has 0 atom stereocenters. The van der Waals surface area contributed by atoms with Crippen LogP contribution in [0.25, 0.3) is 0 Å². The van der Waals surface area contributed by atoms with E-state index in [1.54, 1.807) is 4.90 Å². The lowest BCUT2D eigenvalue weighted by molar-refractivity contribution is -0.137. The Labute approximate surface area is 188 Å². The van der Waals surface area contributed by atoms with Crippen molar-refractivity contribution in [3.63, 3.8) is 0 Å². The Balaban J connectivity index is 2.08. The molecule has 0 radical (unpaired) electrons. The topological polar surface area (TPSA) is 87.2 Å². The van der Waals surface area contributed by atoms with Crippen LogP contribution in [0.1, 0.15) is 92.4 Å². The van der Waals surface area contributed by atoms with Gasteiger partial charge in [-0.2, -0.15) is 0 Å². The largest absolute Gasteiger partial charge is 0.481 e. The van der Waals surface area contributed by atoms with Crippen LogP contribution in [0.3, 0.4) is 0 Å². The van der Waals surface area contributed by atoms with Crippen molar-refractivity contribution < 1.29 is 24.2 Å². The van der Waals surface area contributed by atoms with E-state index >= 15 is 0 Å². The molecule has 1 N–H and O–H groups in total. The SMILES string of the molecule is CCN1CC(=O)N(CCC(C)(C)CCCCOCCCCC(C)(C)CCC(=O)O)C1=O. The van der Waals surface area contributed by atoms with Gasteiger partial charge in [0, 0.05) is 32.7 Å². The Kier molecular flexibility index (Phi) is 11.5. The maximum Gasteiger partial charge on any atom is 0.327 e. The molecule has 1 saturated heterocycles. The van der Waals surface area contributed by atoms with Crippen molar-refractivity contribution in [1.82, 2.24) is 9.80 Å². The summed E-state index contributed by atoms with van der Waals surface area (Å²) in [5, 5.41) is 8.81. The Bertz CT molecular complexity index is 589. The highest BCUT2D eigenvalue weighted by Crippen LogP contribution is 2.29. The third kappa shape index (κ3) is 11.0. The van der Waals surface area contributed by atoms with Gasteiger partial charge in [0.1, 0.15) is 6.54 Å². The number of imide groups is 1. The zero-order valence-corrected chi connectivity index (χ0v) is 20.4. The lowest BCUT2D eigenvalue weighted by atomic mass is 9.83. The van der Waals surface area contributed by atoms with Crippen LogP contribution in [-0.2, 0) is 14.3 Å². The van der Waals surface area contributed by atoms with Gasteiger partial charge in [0.2, 0.25) is 5.91 Å². The van der Waals surface area contributed by atoms with Crippen molar-refractivity contribution >= 4 is 17.9 Å². The van der Waals surface area contributed by atoms with E-state index in [1.165, 1.54) is 4.90 Å². The molecule has 31 heavy (non-hydrogen) atoms. The number of nitrogens with zero attached hydrogens (tertiary/aromatic N) is 2. The summed E-state index contributed by atoms with van der Waals surface area (Å²) in [4.78, 5) is 37.9. The van der Waals surface area contributed by atoms with Crippen molar-refractivity contribution in [2.24, 2.45) is 10.8 Å². The second-order valence-corrected chi connectivity index (χ2v) is 10.3. The molecule has 7 nitrogen and oxygen atoms in total. The molecule has 1 heterocycles. The van der Waals surface area contributed by atoms with Gasteiger partial charge in [0.05, 0.1) is 0 Å². The molecule has 0 aromatic rings. The molecule has 7 heteroatoms. The molecule has 0 spiro atoms. The van der Waals surface area contributed by atoms with Gasteiger partial charge in [-0.1, -0.05) is 40.5 Å². The smallest absolute Gasteiger partial charge is 0.327 e. The zero-order valence-electron chi connectivity index (χ0n) is 20.4. The van der Waals surface area contributed by atoms with Gasteiger partial charge in [0.15, 0.2) is 0 Å². The summed E-state index contributed by atoms with van der Waals surface area (Å²) in [5.74, 6) is -0.804. The monoisotopic (exact) mass is 440 g/mol. The average molecular weight is 441 g/mol. The Morgan fingerprint density at radius 2 is 1.48 bits per heavy atom. The normalized spacial score (nSPS) is 15.3. The minimum atomic E-state index is -0.722. The summed E-state index contributed by atoms with van der Waals surface area (Å²) in [6.07, 6.45) is 7.99. The number of carboxylic acids is 1. The molecule has 3 amide bonds. The number of carbonyl (C=O) groups is 3. The summed E-state index contributed by atoms with van der Waals surface area (Å²) >= 11 is 0. The third-order valence-electron chi connectivity index (χ3n) is 6.32. The molecule has 1 aliphatic rings. The highest BCUT2D eigenvalue weighted by molar-refractivity contribution is 6.01. The van der Waals surface area contributed by atoms with Gasteiger partial charge >= 0.3 is 12.0 Å². The predicted molar refractivity (Wildman–Crippen MR) is 122 cm³/mol. The fourth-order valence-corrected chi connectivity index (χ4v) is 3.89. The summed E-state index contributed by atoms with van der Waals surface area (Å²) < 4.78 is 5.76. The highest BCUT2D eigenvalue weighted by atomic mass is 16.5. The molecule has 1 aliphatic heterocycles. The van der Waals surface area contributed by atoms with Crippen LogP contribution < -0.4 is 0 Å². The molecule has 1 fully saturated rings. The van der Waals surface area contributed by atoms with E-state index in [4.69, 9.17) is 9.84 Å². The maximum atomic E-state index is 12.2. The summed E-state index contributed by atoms with van der Waals surface area (Å²) in [5.41, 5.74) is 0.158. The molecule has 0 bridgehead atoms. The number of rotatable bonds is 17. The first-order valence-corrected chi connectivity index (χ1v) is 11.9. The van der Waals surface area contributed by atoms with Crippen molar-refractivity contribution in [1.29, 1.82) is 0 Å². The van der Waals surface area contributed by atoms with Crippen LogP contribution >= 0.6 is 0 Å². The molecule has 1 rings (SSSR count). The molecule has 0 aliphatic carbocycles. The first kappa shape index (κ1) is 27.4. The zero-order chi connectivity index (χ0) is 23.5.